The Morgan fingerprint density at radius 1 is 1.23 bits per heavy atom. The van der Waals surface area contributed by atoms with Crippen LogP contribution in [0.4, 0.5) is 0 Å². The lowest BCUT2D eigenvalue weighted by Gasteiger charge is -2.08. The fourth-order valence-electron chi connectivity index (χ4n) is 1.70. The fraction of sp³-hybridized carbons (Fsp3) is 0.500. The summed E-state index contributed by atoms with van der Waals surface area (Å²) in [5, 5.41) is 5.69. The van der Waals surface area contributed by atoms with Gasteiger partial charge >= 0.3 is 0 Å². The largest absolute Gasteiger partial charge is 0.383 e. The number of carbonyl (C=O) groups is 1. The molecule has 0 atom stereocenters. The van der Waals surface area contributed by atoms with Crippen LogP contribution in [0.1, 0.15) is 12.5 Å². The second-order valence-corrected chi connectivity index (χ2v) is 6.36. The normalized spacial score (nSPS) is 11.4. The second-order valence-electron chi connectivity index (χ2n) is 4.59. The zero-order valence-electron chi connectivity index (χ0n) is 12.9. The first kappa shape index (κ1) is 18.6. The average Bonchev–Trinajstić information content (AvgIpc) is 2.50. The summed E-state index contributed by atoms with van der Waals surface area (Å²) < 4.78 is 30.8. The highest BCUT2D eigenvalue weighted by Gasteiger charge is 2.11. The van der Waals surface area contributed by atoms with Crippen LogP contribution in [-0.4, -0.2) is 47.7 Å². The molecular formula is C14H23N3O4S. The molecule has 0 bridgehead atoms. The molecule has 0 saturated heterocycles. The molecule has 0 fully saturated rings. The third-order valence-electron chi connectivity index (χ3n) is 2.83. The summed E-state index contributed by atoms with van der Waals surface area (Å²) in [6.45, 7) is 3.80. The summed E-state index contributed by atoms with van der Waals surface area (Å²) in [5.74, 6) is -0.125. The summed E-state index contributed by atoms with van der Waals surface area (Å²) >= 11 is 0. The van der Waals surface area contributed by atoms with E-state index >= 15 is 0 Å². The third-order valence-corrected chi connectivity index (χ3v) is 4.39. The van der Waals surface area contributed by atoms with Crippen LogP contribution in [-0.2, 0) is 26.1 Å². The van der Waals surface area contributed by atoms with Gasteiger partial charge in [-0.1, -0.05) is 19.1 Å². The molecule has 1 aromatic rings. The molecule has 0 aromatic heterocycles. The summed E-state index contributed by atoms with van der Waals surface area (Å²) in [7, 11) is -1.84. The summed E-state index contributed by atoms with van der Waals surface area (Å²) in [6, 6.07) is 6.42. The van der Waals surface area contributed by atoms with Gasteiger partial charge in [0.25, 0.3) is 0 Å². The summed E-state index contributed by atoms with van der Waals surface area (Å²) in [6.07, 6.45) is 0. The Balaban J connectivity index is 2.43. The van der Waals surface area contributed by atoms with Gasteiger partial charge in [0.1, 0.15) is 0 Å². The predicted octanol–water partition coefficient (Wildman–Crippen LogP) is -0.163. The van der Waals surface area contributed by atoms with Gasteiger partial charge in [-0.2, -0.15) is 0 Å². The van der Waals surface area contributed by atoms with Crippen LogP contribution in [0.15, 0.2) is 29.2 Å². The minimum absolute atomic E-state index is 0.125. The van der Waals surface area contributed by atoms with Gasteiger partial charge < -0.3 is 15.4 Å². The highest BCUT2D eigenvalue weighted by molar-refractivity contribution is 7.89. The van der Waals surface area contributed by atoms with E-state index in [1.807, 2.05) is 0 Å². The van der Waals surface area contributed by atoms with E-state index in [1.54, 1.807) is 26.2 Å². The molecule has 1 amide bonds. The Morgan fingerprint density at radius 3 is 2.50 bits per heavy atom. The number of rotatable bonds is 10. The highest BCUT2D eigenvalue weighted by Crippen LogP contribution is 2.10. The van der Waals surface area contributed by atoms with E-state index in [9.17, 15) is 13.2 Å². The monoisotopic (exact) mass is 329 g/mol. The van der Waals surface area contributed by atoms with Crippen molar-refractivity contribution in [3.05, 3.63) is 29.8 Å². The molecule has 1 rings (SSSR count). The molecule has 0 spiro atoms. The van der Waals surface area contributed by atoms with Crippen molar-refractivity contribution < 1.29 is 17.9 Å². The number of amides is 1. The zero-order valence-corrected chi connectivity index (χ0v) is 13.7. The van der Waals surface area contributed by atoms with E-state index in [4.69, 9.17) is 4.74 Å². The molecule has 0 radical (unpaired) electrons. The number of hydrogen-bond acceptors (Lipinski definition) is 5. The van der Waals surface area contributed by atoms with Crippen LogP contribution in [0.2, 0.25) is 0 Å². The fourth-order valence-corrected chi connectivity index (χ4v) is 2.74. The van der Waals surface area contributed by atoms with Gasteiger partial charge in [-0.3, -0.25) is 4.79 Å². The van der Waals surface area contributed by atoms with Crippen molar-refractivity contribution >= 4 is 15.9 Å². The van der Waals surface area contributed by atoms with Crippen molar-refractivity contribution in [1.29, 1.82) is 0 Å². The van der Waals surface area contributed by atoms with Crippen LogP contribution < -0.4 is 15.4 Å². The lowest BCUT2D eigenvalue weighted by Crippen LogP contribution is -2.34. The van der Waals surface area contributed by atoms with Gasteiger partial charge in [0, 0.05) is 26.7 Å². The topological polar surface area (TPSA) is 96.5 Å². The first-order valence-corrected chi connectivity index (χ1v) is 8.53. The maximum atomic E-state index is 11.8. The highest BCUT2D eigenvalue weighted by atomic mass is 32.2. The van der Waals surface area contributed by atoms with E-state index in [0.717, 1.165) is 5.56 Å². The Morgan fingerprint density at radius 2 is 1.91 bits per heavy atom. The summed E-state index contributed by atoms with van der Waals surface area (Å²) in [4.78, 5) is 11.8. The SMILES string of the molecule is CCNS(=O)(=O)c1ccc(CNC(=O)CNCCOC)cc1. The molecule has 1 aromatic carbocycles. The molecule has 7 nitrogen and oxygen atoms in total. The first-order valence-electron chi connectivity index (χ1n) is 7.04. The van der Waals surface area contributed by atoms with E-state index in [-0.39, 0.29) is 17.3 Å². The smallest absolute Gasteiger partial charge is 0.240 e. The van der Waals surface area contributed by atoms with Crippen LogP contribution in [0.3, 0.4) is 0 Å². The number of ether oxygens (including phenoxy) is 1. The number of hydrogen-bond donors (Lipinski definition) is 3. The summed E-state index contributed by atoms with van der Waals surface area (Å²) in [5.41, 5.74) is 0.834. The molecule has 0 aliphatic rings. The standard InChI is InChI=1S/C14H23N3O4S/c1-3-17-22(19,20)13-6-4-12(5-7-13)10-16-14(18)11-15-8-9-21-2/h4-7,15,17H,3,8-11H2,1-2H3,(H,16,18). The molecule has 124 valence electrons. The van der Waals surface area contributed by atoms with E-state index in [1.165, 1.54) is 12.1 Å². The number of methoxy groups -OCH3 is 1. The molecule has 3 N–H and O–H groups in total. The van der Waals surface area contributed by atoms with Gasteiger partial charge in [0.15, 0.2) is 0 Å². The average molecular weight is 329 g/mol. The molecule has 0 heterocycles. The number of sulfonamides is 1. The lowest BCUT2D eigenvalue weighted by atomic mass is 10.2. The molecule has 22 heavy (non-hydrogen) atoms. The van der Waals surface area contributed by atoms with Crippen molar-refractivity contribution in [2.75, 3.05) is 33.4 Å². The molecular weight excluding hydrogens is 306 g/mol. The van der Waals surface area contributed by atoms with E-state index in [2.05, 4.69) is 15.4 Å². The number of nitrogens with one attached hydrogen (secondary N) is 3. The van der Waals surface area contributed by atoms with Crippen LogP contribution in [0, 0.1) is 0 Å². The van der Waals surface area contributed by atoms with Gasteiger partial charge in [0.2, 0.25) is 15.9 Å². The van der Waals surface area contributed by atoms with Crippen molar-refractivity contribution in [2.45, 2.75) is 18.4 Å². The van der Waals surface area contributed by atoms with Crippen LogP contribution in [0.5, 0.6) is 0 Å². The molecule has 0 saturated carbocycles. The van der Waals surface area contributed by atoms with Crippen molar-refractivity contribution in [3.63, 3.8) is 0 Å². The van der Waals surface area contributed by atoms with Crippen LogP contribution >= 0.6 is 0 Å². The Labute approximate surface area is 131 Å². The van der Waals surface area contributed by atoms with Crippen molar-refractivity contribution in [1.82, 2.24) is 15.4 Å². The van der Waals surface area contributed by atoms with Gasteiger partial charge in [-0.15, -0.1) is 0 Å². The quantitative estimate of drug-likeness (QED) is 0.518. The molecule has 8 heteroatoms. The minimum Gasteiger partial charge on any atom is -0.383 e. The van der Waals surface area contributed by atoms with Gasteiger partial charge in [-0.05, 0) is 17.7 Å². The third kappa shape index (κ3) is 6.52. The maximum absolute atomic E-state index is 11.8. The second kappa shape index (κ2) is 9.52. The van der Waals surface area contributed by atoms with Crippen molar-refractivity contribution in [3.8, 4) is 0 Å². The van der Waals surface area contributed by atoms with Gasteiger partial charge in [-0.25, -0.2) is 13.1 Å². The Kier molecular flexibility index (Phi) is 8.03. The first-order chi connectivity index (χ1) is 10.5. The zero-order chi connectivity index (χ0) is 16.4. The lowest BCUT2D eigenvalue weighted by molar-refractivity contribution is -0.120. The maximum Gasteiger partial charge on any atom is 0.240 e. The van der Waals surface area contributed by atoms with Crippen LogP contribution in [0.25, 0.3) is 0 Å². The van der Waals surface area contributed by atoms with Gasteiger partial charge in [0.05, 0.1) is 18.0 Å². The predicted molar refractivity (Wildman–Crippen MR) is 83.9 cm³/mol. The van der Waals surface area contributed by atoms with E-state index in [0.29, 0.717) is 26.2 Å². The molecule has 0 unspecified atom stereocenters. The number of benzene rings is 1. The van der Waals surface area contributed by atoms with Crippen molar-refractivity contribution in [2.24, 2.45) is 0 Å². The Bertz CT molecular complexity index is 558. The number of carbonyl (C=O) groups excluding carboxylic acids is 1. The Hall–Kier alpha value is -1.48. The minimum atomic E-state index is -3.44. The molecule has 0 aliphatic heterocycles. The molecule has 0 aliphatic carbocycles. The van der Waals surface area contributed by atoms with E-state index < -0.39 is 10.0 Å².